The van der Waals surface area contributed by atoms with Crippen LogP contribution in [0.5, 0.6) is 0 Å². The van der Waals surface area contributed by atoms with E-state index in [0.29, 0.717) is 12.1 Å². The Labute approximate surface area is 152 Å². The molecule has 0 amide bonds. The van der Waals surface area contributed by atoms with Crippen LogP contribution in [0.2, 0.25) is 0 Å². The first-order chi connectivity index (χ1) is 12.6. The van der Waals surface area contributed by atoms with E-state index in [1.165, 1.54) is 11.1 Å². The SMILES string of the molecule is Cc1ccccc1-c1cnc2cc(CC(=O)c3ccnn3C)ccc2c1. The van der Waals surface area contributed by atoms with Crippen molar-refractivity contribution in [1.29, 1.82) is 0 Å². The van der Waals surface area contributed by atoms with Gasteiger partial charge < -0.3 is 0 Å². The lowest BCUT2D eigenvalue weighted by Gasteiger charge is -2.08. The lowest BCUT2D eigenvalue weighted by molar-refractivity contribution is 0.0984. The van der Waals surface area contributed by atoms with E-state index in [0.717, 1.165) is 22.0 Å². The molecule has 4 rings (SSSR count). The van der Waals surface area contributed by atoms with E-state index in [4.69, 9.17) is 0 Å². The fraction of sp³-hybridized carbons (Fsp3) is 0.136. The predicted octanol–water partition coefficient (Wildman–Crippen LogP) is 4.37. The molecule has 0 aliphatic carbocycles. The number of hydrogen-bond donors (Lipinski definition) is 0. The summed E-state index contributed by atoms with van der Waals surface area (Å²) in [5.74, 6) is 0.0564. The average Bonchev–Trinajstić information content (AvgIpc) is 3.08. The van der Waals surface area contributed by atoms with Crippen molar-refractivity contribution in [1.82, 2.24) is 14.8 Å². The van der Waals surface area contributed by atoms with E-state index in [1.54, 1.807) is 24.0 Å². The van der Waals surface area contributed by atoms with Gasteiger partial charge >= 0.3 is 0 Å². The van der Waals surface area contributed by atoms with E-state index < -0.39 is 0 Å². The van der Waals surface area contributed by atoms with Crippen molar-refractivity contribution >= 4 is 16.7 Å². The van der Waals surface area contributed by atoms with Gasteiger partial charge in [-0.25, -0.2) is 0 Å². The number of aryl methyl sites for hydroxylation is 2. The van der Waals surface area contributed by atoms with Gasteiger partial charge in [-0.15, -0.1) is 0 Å². The molecular weight excluding hydrogens is 322 g/mol. The van der Waals surface area contributed by atoms with Crippen molar-refractivity contribution in [2.24, 2.45) is 7.05 Å². The maximum atomic E-state index is 12.4. The van der Waals surface area contributed by atoms with Crippen molar-refractivity contribution in [2.75, 3.05) is 0 Å². The van der Waals surface area contributed by atoms with Gasteiger partial charge in [0, 0.05) is 36.8 Å². The van der Waals surface area contributed by atoms with Crippen LogP contribution in [0.4, 0.5) is 0 Å². The summed E-state index contributed by atoms with van der Waals surface area (Å²) in [4.78, 5) is 17.0. The zero-order chi connectivity index (χ0) is 18.1. The molecule has 26 heavy (non-hydrogen) atoms. The minimum atomic E-state index is 0.0564. The smallest absolute Gasteiger partial charge is 0.185 e. The molecule has 2 aromatic carbocycles. The second-order valence-corrected chi connectivity index (χ2v) is 6.51. The zero-order valence-electron chi connectivity index (χ0n) is 14.8. The number of rotatable bonds is 4. The summed E-state index contributed by atoms with van der Waals surface area (Å²) in [7, 11) is 1.78. The summed E-state index contributed by atoms with van der Waals surface area (Å²) in [6.07, 6.45) is 3.89. The Morgan fingerprint density at radius 1 is 1.08 bits per heavy atom. The molecule has 0 N–H and O–H groups in total. The third kappa shape index (κ3) is 3.02. The van der Waals surface area contributed by atoms with Crippen LogP contribution in [-0.4, -0.2) is 20.5 Å². The van der Waals surface area contributed by atoms with Crippen LogP contribution in [0.3, 0.4) is 0 Å². The fourth-order valence-electron chi connectivity index (χ4n) is 3.24. The number of benzene rings is 2. The first-order valence-corrected chi connectivity index (χ1v) is 8.58. The third-order valence-corrected chi connectivity index (χ3v) is 4.68. The summed E-state index contributed by atoms with van der Waals surface area (Å²) in [6, 6.07) is 18.2. The van der Waals surface area contributed by atoms with Crippen LogP contribution >= 0.6 is 0 Å². The molecule has 0 spiro atoms. The Morgan fingerprint density at radius 3 is 2.69 bits per heavy atom. The standard InChI is InChI=1S/C22H19N3O/c1-15-5-3-4-6-19(15)18-13-17-8-7-16(11-20(17)23-14-18)12-22(26)21-9-10-24-25(21)2/h3-11,13-14H,12H2,1-2H3. The molecule has 4 heteroatoms. The number of Topliss-reactive ketones (excluding diaryl/α,β-unsaturated/α-hetero) is 1. The number of carbonyl (C=O) groups is 1. The minimum Gasteiger partial charge on any atom is -0.292 e. The van der Waals surface area contributed by atoms with E-state index in [1.807, 2.05) is 36.5 Å². The molecule has 0 saturated carbocycles. The van der Waals surface area contributed by atoms with Gasteiger partial charge in [-0.05, 0) is 41.8 Å². The number of aromatic nitrogens is 3. The molecule has 0 fully saturated rings. The Hall–Kier alpha value is -3.27. The highest BCUT2D eigenvalue weighted by atomic mass is 16.1. The summed E-state index contributed by atoms with van der Waals surface area (Å²) < 4.78 is 1.61. The summed E-state index contributed by atoms with van der Waals surface area (Å²) in [5, 5.41) is 5.13. The molecule has 2 aromatic heterocycles. The Morgan fingerprint density at radius 2 is 1.92 bits per heavy atom. The largest absolute Gasteiger partial charge is 0.292 e. The molecule has 0 bridgehead atoms. The van der Waals surface area contributed by atoms with Crippen molar-refractivity contribution in [3.05, 3.63) is 83.8 Å². The molecule has 0 atom stereocenters. The molecule has 0 radical (unpaired) electrons. The van der Waals surface area contributed by atoms with Crippen LogP contribution in [-0.2, 0) is 13.5 Å². The topological polar surface area (TPSA) is 47.8 Å². The van der Waals surface area contributed by atoms with Gasteiger partial charge in [-0.3, -0.25) is 14.5 Å². The van der Waals surface area contributed by atoms with E-state index in [2.05, 4.69) is 35.2 Å². The van der Waals surface area contributed by atoms with Gasteiger partial charge in [0.2, 0.25) is 0 Å². The number of nitrogens with zero attached hydrogens (tertiary/aromatic N) is 3. The monoisotopic (exact) mass is 341 g/mol. The molecule has 128 valence electrons. The molecule has 4 nitrogen and oxygen atoms in total. The highest BCUT2D eigenvalue weighted by Gasteiger charge is 2.11. The van der Waals surface area contributed by atoms with Crippen molar-refractivity contribution in [3.8, 4) is 11.1 Å². The Bertz CT molecular complexity index is 1110. The van der Waals surface area contributed by atoms with Gasteiger partial charge in [0.15, 0.2) is 5.78 Å². The highest BCUT2D eigenvalue weighted by molar-refractivity contribution is 5.96. The van der Waals surface area contributed by atoms with Crippen LogP contribution in [0, 0.1) is 6.92 Å². The van der Waals surface area contributed by atoms with E-state index >= 15 is 0 Å². The maximum absolute atomic E-state index is 12.4. The Kier molecular flexibility index (Phi) is 4.09. The number of hydrogen-bond acceptors (Lipinski definition) is 3. The zero-order valence-corrected chi connectivity index (χ0v) is 14.8. The summed E-state index contributed by atoms with van der Waals surface area (Å²) >= 11 is 0. The number of pyridine rings is 1. The van der Waals surface area contributed by atoms with Crippen LogP contribution in [0.1, 0.15) is 21.6 Å². The van der Waals surface area contributed by atoms with Gasteiger partial charge in [-0.1, -0.05) is 36.4 Å². The number of fused-ring (bicyclic) bond motifs is 1. The lowest BCUT2D eigenvalue weighted by atomic mass is 9.99. The first kappa shape index (κ1) is 16.2. The van der Waals surface area contributed by atoms with Crippen molar-refractivity contribution in [2.45, 2.75) is 13.3 Å². The normalized spacial score (nSPS) is 11.0. The van der Waals surface area contributed by atoms with Crippen LogP contribution < -0.4 is 0 Å². The fourth-order valence-corrected chi connectivity index (χ4v) is 3.24. The van der Waals surface area contributed by atoms with Gasteiger partial charge in [0.25, 0.3) is 0 Å². The second-order valence-electron chi connectivity index (χ2n) is 6.51. The quantitative estimate of drug-likeness (QED) is 0.518. The van der Waals surface area contributed by atoms with Gasteiger partial charge in [0.1, 0.15) is 5.69 Å². The molecule has 2 heterocycles. The van der Waals surface area contributed by atoms with E-state index in [-0.39, 0.29) is 5.78 Å². The minimum absolute atomic E-state index is 0.0564. The maximum Gasteiger partial charge on any atom is 0.185 e. The van der Waals surface area contributed by atoms with Crippen molar-refractivity contribution in [3.63, 3.8) is 0 Å². The Balaban J connectivity index is 1.64. The molecule has 0 aliphatic rings. The first-order valence-electron chi connectivity index (χ1n) is 8.58. The molecule has 0 unspecified atom stereocenters. The molecule has 0 aliphatic heterocycles. The average molecular weight is 341 g/mol. The van der Waals surface area contributed by atoms with Crippen molar-refractivity contribution < 1.29 is 4.79 Å². The van der Waals surface area contributed by atoms with Gasteiger partial charge in [0.05, 0.1) is 5.52 Å². The number of ketones is 1. The van der Waals surface area contributed by atoms with E-state index in [9.17, 15) is 4.79 Å². The lowest BCUT2D eigenvalue weighted by Crippen LogP contribution is -2.09. The second kappa shape index (κ2) is 6.56. The molecule has 0 saturated heterocycles. The molecule has 4 aromatic rings. The number of carbonyl (C=O) groups excluding carboxylic acids is 1. The third-order valence-electron chi connectivity index (χ3n) is 4.68. The predicted molar refractivity (Wildman–Crippen MR) is 103 cm³/mol. The molecular formula is C22H19N3O. The highest BCUT2D eigenvalue weighted by Crippen LogP contribution is 2.26. The summed E-state index contributed by atoms with van der Waals surface area (Å²) in [6.45, 7) is 2.10. The van der Waals surface area contributed by atoms with Crippen LogP contribution in [0.15, 0.2) is 67.0 Å². The van der Waals surface area contributed by atoms with Crippen LogP contribution in [0.25, 0.3) is 22.0 Å². The summed E-state index contributed by atoms with van der Waals surface area (Å²) in [5.41, 5.74) is 6.00. The van der Waals surface area contributed by atoms with Gasteiger partial charge in [-0.2, -0.15) is 5.10 Å².